The number of nitrogens with zero attached hydrogens (tertiary/aromatic N) is 2. The summed E-state index contributed by atoms with van der Waals surface area (Å²) < 4.78 is 0.733. The van der Waals surface area contributed by atoms with Crippen molar-refractivity contribution in [3.63, 3.8) is 0 Å². The van der Waals surface area contributed by atoms with Crippen molar-refractivity contribution in [1.29, 1.82) is 0 Å². The molecule has 2 aromatic carbocycles. The van der Waals surface area contributed by atoms with Crippen molar-refractivity contribution in [2.24, 2.45) is 0 Å². The number of hydrogen-bond donors (Lipinski definition) is 1. The molecule has 1 N–H and O–H groups in total. The van der Waals surface area contributed by atoms with Crippen LogP contribution >= 0.6 is 27.7 Å². The molecule has 6 heteroatoms. The molecule has 0 radical (unpaired) electrons. The first-order chi connectivity index (χ1) is 10.1. The fourth-order valence-corrected chi connectivity index (χ4v) is 3.27. The van der Waals surface area contributed by atoms with Crippen molar-refractivity contribution in [3.8, 4) is 0 Å². The smallest absolute Gasteiger partial charge is 0.336 e. The van der Waals surface area contributed by atoms with Crippen molar-refractivity contribution in [2.45, 2.75) is 9.92 Å². The van der Waals surface area contributed by atoms with E-state index in [4.69, 9.17) is 0 Å². The van der Waals surface area contributed by atoms with Crippen LogP contribution in [0.4, 0.5) is 0 Å². The highest BCUT2D eigenvalue weighted by molar-refractivity contribution is 9.10. The number of halogens is 1. The van der Waals surface area contributed by atoms with E-state index >= 15 is 0 Å². The van der Waals surface area contributed by atoms with E-state index in [2.05, 4.69) is 25.9 Å². The molecule has 3 rings (SSSR count). The lowest BCUT2D eigenvalue weighted by Gasteiger charge is -2.07. The molecular weight excluding hydrogens is 352 g/mol. The number of aromatic carboxylic acids is 1. The van der Waals surface area contributed by atoms with Gasteiger partial charge in [0.25, 0.3) is 0 Å². The summed E-state index contributed by atoms with van der Waals surface area (Å²) in [6.45, 7) is 0. The van der Waals surface area contributed by atoms with Crippen molar-refractivity contribution < 1.29 is 9.90 Å². The van der Waals surface area contributed by atoms with E-state index in [0.717, 1.165) is 20.4 Å². The van der Waals surface area contributed by atoms with Crippen LogP contribution in [0.3, 0.4) is 0 Å². The fourth-order valence-electron chi connectivity index (χ4n) is 1.92. The monoisotopic (exact) mass is 360 g/mol. The highest BCUT2D eigenvalue weighted by Gasteiger charge is 2.14. The topological polar surface area (TPSA) is 63.1 Å². The molecule has 0 atom stereocenters. The van der Waals surface area contributed by atoms with Gasteiger partial charge in [-0.25, -0.2) is 14.8 Å². The van der Waals surface area contributed by atoms with E-state index in [1.54, 1.807) is 12.1 Å². The minimum absolute atomic E-state index is 0.247. The number of para-hydroxylation sites is 1. The number of rotatable bonds is 3. The second-order valence-electron chi connectivity index (χ2n) is 4.24. The number of carboxylic acids is 1. The third kappa shape index (κ3) is 2.91. The Bertz CT molecular complexity index is 834. The molecule has 0 unspecified atom stereocenters. The van der Waals surface area contributed by atoms with Crippen LogP contribution in [0, 0.1) is 0 Å². The second kappa shape index (κ2) is 5.83. The number of aromatic nitrogens is 2. The van der Waals surface area contributed by atoms with Gasteiger partial charge in [0.1, 0.15) is 11.4 Å². The summed E-state index contributed by atoms with van der Waals surface area (Å²) >= 11 is 4.62. The highest BCUT2D eigenvalue weighted by Crippen LogP contribution is 2.34. The van der Waals surface area contributed by atoms with Crippen molar-refractivity contribution in [3.05, 3.63) is 58.8 Å². The molecule has 0 aliphatic heterocycles. The summed E-state index contributed by atoms with van der Waals surface area (Å²) in [5, 5.41) is 11.0. The predicted octanol–water partition coefficient (Wildman–Crippen LogP) is 4.24. The first-order valence-corrected chi connectivity index (χ1v) is 7.66. The molecule has 0 saturated carbocycles. The average Bonchev–Trinajstić information content (AvgIpc) is 2.49. The molecule has 4 nitrogen and oxygen atoms in total. The van der Waals surface area contributed by atoms with Gasteiger partial charge < -0.3 is 5.11 Å². The normalized spacial score (nSPS) is 10.7. The van der Waals surface area contributed by atoms with Crippen LogP contribution in [0.1, 0.15) is 10.4 Å². The maximum atomic E-state index is 11.4. The minimum atomic E-state index is -0.961. The highest BCUT2D eigenvalue weighted by atomic mass is 79.9. The van der Waals surface area contributed by atoms with Gasteiger partial charge in [0, 0.05) is 14.8 Å². The molecule has 0 fully saturated rings. The van der Waals surface area contributed by atoms with Crippen LogP contribution < -0.4 is 0 Å². The summed E-state index contributed by atoms with van der Waals surface area (Å²) in [5.41, 5.74) is 1.08. The Morgan fingerprint density at radius 3 is 2.76 bits per heavy atom. The van der Waals surface area contributed by atoms with Gasteiger partial charge in [-0.1, -0.05) is 45.9 Å². The van der Waals surface area contributed by atoms with Gasteiger partial charge in [-0.2, -0.15) is 0 Å². The van der Waals surface area contributed by atoms with Crippen LogP contribution in [0.15, 0.2) is 63.2 Å². The molecule has 21 heavy (non-hydrogen) atoms. The van der Waals surface area contributed by atoms with Crippen molar-refractivity contribution >= 4 is 44.6 Å². The lowest BCUT2D eigenvalue weighted by molar-refractivity contribution is 0.0693. The quantitative estimate of drug-likeness (QED) is 0.707. The molecule has 0 aliphatic rings. The summed E-state index contributed by atoms with van der Waals surface area (Å²) in [4.78, 5) is 20.5. The molecule has 3 aromatic rings. The van der Waals surface area contributed by atoms with Crippen LogP contribution in [-0.4, -0.2) is 21.0 Å². The first-order valence-electron chi connectivity index (χ1n) is 6.05. The minimum Gasteiger partial charge on any atom is -0.478 e. The van der Waals surface area contributed by atoms with Gasteiger partial charge in [0.15, 0.2) is 0 Å². The van der Waals surface area contributed by atoms with E-state index in [1.165, 1.54) is 18.1 Å². The number of carbonyl (C=O) groups is 1. The zero-order valence-corrected chi connectivity index (χ0v) is 13.1. The van der Waals surface area contributed by atoms with Gasteiger partial charge in [0.2, 0.25) is 0 Å². The van der Waals surface area contributed by atoms with E-state index in [1.807, 2.05) is 30.3 Å². The number of benzene rings is 2. The molecule has 0 amide bonds. The number of carboxylic acid groups (broad SMARTS) is 1. The van der Waals surface area contributed by atoms with Gasteiger partial charge in [-0.15, -0.1) is 0 Å². The summed E-state index contributed by atoms with van der Waals surface area (Å²) in [6, 6.07) is 12.8. The van der Waals surface area contributed by atoms with Crippen LogP contribution in [0.5, 0.6) is 0 Å². The van der Waals surface area contributed by atoms with Crippen LogP contribution in [0.2, 0.25) is 0 Å². The standard InChI is InChI=1S/C15H9BrN2O2S/c16-9-5-6-13(11(7-9)15(19)20)21-14-10-3-1-2-4-12(10)17-8-18-14/h1-8H,(H,19,20). The zero-order chi connectivity index (χ0) is 14.8. The Morgan fingerprint density at radius 1 is 1.14 bits per heavy atom. The molecule has 1 heterocycles. The second-order valence-corrected chi connectivity index (χ2v) is 6.19. The van der Waals surface area contributed by atoms with E-state index in [9.17, 15) is 9.90 Å². The predicted molar refractivity (Wildman–Crippen MR) is 84.8 cm³/mol. The largest absolute Gasteiger partial charge is 0.478 e. The fraction of sp³-hybridized carbons (Fsp3) is 0. The lowest BCUT2D eigenvalue weighted by Crippen LogP contribution is -1.99. The number of hydrogen-bond acceptors (Lipinski definition) is 4. The third-order valence-electron chi connectivity index (χ3n) is 2.88. The van der Waals surface area contributed by atoms with Gasteiger partial charge in [-0.3, -0.25) is 0 Å². The van der Waals surface area contributed by atoms with Gasteiger partial charge in [-0.05, 0) is 24.3 Å². The number of fused-ring (bicyclic) bond motifs is 1. The Balaban J connectivity index is 2.09. The summed E-state index contributed by atoms with van der Waals surface area (Å²) in [5.74, 6) is -0.961. The molecule has 104 valence electrons. The zero-order valence-electron chi connectivity index (χ0n) is 10.7. The van der Waals surface area contributed by atoms with E-state index in [0.29, 0.717) is 4.90 Å². The average molecular weight is 361 g/mol. The van der Waals surface area contributed by atoms with E-state index in [-0.39, 0.29) is 5.56 Å². The lowest BCUT2D eigenvalue weighted by atomic mass is 10.2. The molecule has 0 spiro atoms. The maximum absolute atomic E-state index is 11.4. The van der Waals surface area contributed by atoms with Crippen LogP contribution in [-0.2, 0) is 0 Å². The van der Waals surface area contributed by atoms with Crippen LogP contribution in [0.25, 0.3) is 10.9 Å². The SMILES string of the molecule is O=C(O)c1cc(Br)ccc1Sc1ncnc2ccccc12. The summed E-state index contributed by atoms with van der Waals surface area (Å²) in [7, 11) is 0. The molecule has 0 saturated heterocycles. The molecule has 1 aromatic heterocycles. The van der Waals surface area contributed by atoms with E-state index < -0.39 is 5.97 Å². The molecule has 0 aliphatic carbocycles. The van der Waals surface area contributed by atoms with Gasteiger partial charge in [0.05, 0.1) is 11.1 Å². The van der Waals surface area contributed by atoms with Gasteiger partial charge >= 0.3 is 5.97 Å². The molecule has 0 bridgehead atoms. The Kier molecular flexibility index (Phi) is 3.90. The Morgan fingerprint density at radius 2 is 1.95 bits per heavy atom. The summed E-state index contributed by atoms with van der Waals surface area (Å²) in [6.07, 6.45) is 1.49. The van der Waals surface area contributed by atoms with Crippen molar-refractivity contribution in [2.75, 3.05) is 0 Å². The third-order valence-corrected chi connectivity index (χ3v) is 4.47. The maximum Gasteiger partial charge on any atom is 0.336 e. The Labute approximate surface area is 133 Å². The molecular formula is C15H9BrN2O2S. The first kappa shape index (κ1) is 14.0. The van der Waals surface area contributed by atoms with Crippen molar-refractivity contribution in [1.82, 2.24) is 9.97 Å². The Hall–Kier alpha value is -1.92.